The minimum Gasteiger partial charge on any atom is -0.354 e. The number of nitrogens with one attached hydrogen (secondary N) is 1. The summed E-state index contributed by atoms with van der Waals surface area (Å²) in [5.41, 5.74) is 6.03. The van der Waals surface area contributed by atoms with E-state index in [1.165, 1.54) is 0 Å². The molecule has 1 atom stereocenters. The van der Waals surface area contributed by atoms with Gasteiger partial charge in [0, 0.05) is 28.9 Å². The monoisotopic (exact) mass is 274 g/mol. The van der Waals surface area contributed by atoms with Crippen LogP contribution in [0.3, 0.4) is 0 Å². The molecule has 94 valence electrons. The normalized spacial score (nSPS) is 12.1. The maximum absolute atomic E-state index is 11.7. The van der Waals surface area contributed by atoms with Crippen molar-refractivity contribution >= 4 is 28.3 Å². The fraction of sp³-hybridized carbons (Fsp3) is 0.364. The van der Waals surface area contributed by atoms with Crippen LogP contribution in [0.1, 0.15) is 5.56 Å². The lowest BCUT2D eigenvalue weighted by Crippen LogP contribution is -2.32. The van der Waals surface area contributed by atoms with E-state index in [1.54, 1.807) is 12.1 Å². The predicted molar refractivity (Wildman–Crippen MR) is 70.2 cm³/mol. The van der Waals surface area contributed by atoms with E-state index in [0.717, 1.165) is 5.56 Å². The number of benzene rings is 1. The van der Waals surface area contributed by atoms with Crippen LogP contribution in [0, 0.1) is 0 Å². The Bertz CT molecular complexity index is 412. The summed E-state index contributed by atoms with van der Waals surface area (Å²) in [6.45, 7) is 0.783. The van der Waals surface area contributed by atoms with Crippen LogP contribution < -0.4 is 11.1 Å². The standard InChI is InChI=1S/C11H15ClN2O2S/c12-10-4-2-1-3-9(10)7-17(16)8-11(15)14-6-5-13/h1-4H,5-8,13H2,(H,14,15). The first kappa shape index (κ1) is 14.2. The van der Waals surface area contributed by atoms with Gasteiger partial charge in [0.05, 0.1) is 5.75 Å². The first-order chi connectivity index (χ1) is 8.13. The van der Waals surface area contributed by atoms with Crippen molar-refractivity contribution in [2.24, 2.45) is 5.73 Å². The summed E-state index contributed by atoms with van der Waals surface area (Å²) in [5, 5.41) is 3.15. The number of hydrogen-bond donors (Lipinski definition) is 2. The maximum Gasteiger partial charge on any atom is 0.232 e. The third kappa shape index (κ3) is 5.30. The summed E-state index contributed by atoms with van der Waals surface area (Å²) in [4.78, 5) is 11.3. The van der Waals surface area contributed by atoms with Crippen LogP contribution in [0.25, 0.3) is 0 Å². The van der Waals surface area contributed by atoms with Gasteiger partial charge in [-0.3, -0.25) is 9.00 Å². The molecule has 17 heavy (non-hydrogen) atoms. The van der Waals surface area contributed by atoms with E-state index in [-0.39, 0.29) is 17.4 Å². The Morgan fingerprint density at radius 2 is 2.12 bits per heavy atom. The molecule has 0 spiro atoms. The Morgan fingerprint density at radius 3 is 2.76 bits per heavy atom. The fourth-order valence-electron chi connectivity index (χ4n) is 1.25. The summed E-state index contributed by atoms with van der Waals surface area (Å²) in [7, 11) is -1.25. The van der Waals surface area contributed by atoms with Crippen molar-refractivity contribution < 1.29 is 9.00 Å². The van der Waals surface area contributed by atoms with E-state index in [2.05, 4.69) is 5.32 Å². The van der Waals surface area contributed by atoms with Crippen molar-refractivity contribution in [1.82, 2.24) is 5.32 Å². The van der Waals surface area contributed by atoms with Crippen molar-refractivity contribution in [3.05, 3.63) is 34.9 Å². The van der Waals surface area contributed by atoms with E-state index in [4.69, 9.17) is 17.3 Å². The summed E-state index contributed by atoms with van der Waals surface area (Å²) in [5.74, 6) is 0.0156. The Kier molecular flexibility index (Phi) is 6.18. The molecule has 0 aromatic heterocycles. The van der Waals surface area contributed by atoms with E-state index >= 15 is 0 Å². The second-order valence-electron chi connectivity index (χ2n) is 3.46. The van der Waals surface area contributed by atoms with Gasteiger partial charge in [-0.15, -0.1) is 0 Å². The third-order valence-electron chi connectivity index (χ3n) is 2.03. The number of carbonyl (C=O) groups is 1. The van der Waals surface area contributed by atoms with Gasteiger partial charge in [-0.05, 0) is 11.6 Å². The summed E-state index contributed by atoms with van der Waals surface area (Å²) in [6, 6.07) is 7.18. The minimum atomic E-state index is -1.25. The van der Waals surface area contributed by atoms with Crippen LogP contribution in [0.2, 0.25) is 5.02 Å². The average molecular weight is 275 g/mol. The molecule has 6 heteroatoms. The molecule has 3 N–H and O–H groups in total. The van der Waals surface area contributed by atoms with Gasteiger partial charge in [-0.25, -0.2) is 0 Å². The molecule has 0 fully saturated rings. The Hall–Kier alpha value is -0.910. The van der Waals surface area contributed by atoms with Crippen LogP contribution in [-0.2, 0) is 21.3 Å². The maximum atomic E-state index is 11.7. The lowest BCUT2D eigenvalue weighted by Gasteiger charge is -2.05. The molecule has 0 heterocycles. The highest BCUT2D eigenvalue weighted by Gasteiger charge is 2.09. The van der Waals surface area contributed by atoms with Crippen molar-refractivity contribution in [1.29, 1.82) is 0 Å². The number of nitrogens with two attached hydrogens (primary N) is 1. The van der Waals surface area contributed by atoms with Crippen LogP contribution in [0.5, 0.6) is 0 Å². The molecule has 0 aliphatic heterocycles. The number of halogens is 1. The van der Waals surface area contributed by atoms with Crippen LogP contribution in [-0.4, -0.2) is 29.0 Å². The van der Waals surface area contributed by atoms with Gasteiger partial charge in [0.15, 0.2) is 0 Å². The summed E-state index contributed by atoms with van der Waals surface area (Å²) >= 11 is 5.94. The minimum absolute atomic E-state index is 0.0226. The first-order valence-electron chi connectivity index (χ1n) is 5.18. The molecule has 0 bridgehead atoms. The summed E-state index contributed by atoms with van der Waals surface area (Å²) in [6.07, 6.45) is 0. The van der Waals surface area contributed by atoms with E-state index in [0.29, 0.717) is 18.1 Å². The number of rotatable bonds is 6. The molecule has 1 aromatic rings. The fourth-order valence-corrected chi connectivity index (χ4v) is 2.63. The van der Waals surface area contributed by atoms with Crippen LogP contribution >= 0.6 is 11.6 Å². The second-order valence-corrected chi connectivity index (χ2v) is 5.32. The lowest BCUT2D eigenvalue weighted by atomic mass is 10.2. The van der Waals surface area contributed by atoms with Gasteiger partial charge in [0.2, 0.25) is 5.91 Å². The molecule has 1 aromatic carbocycles. The van der Waals surface area contributed by atoms with Gasteiger partial charge in [-0.1, -0.05) is 29.8 Å². The molecular formula is C11H15ClN2O2S. The van der Waals surface area contributed by atoms with E-state index in [9.17, 15) is 9.00 Å². The smallest absolute Gasteiger partial charge is 0.232 e. The molecule has 0 aliphatic carbocycles. The molecular weight excluding hydrogens is 260 g/mol. The van der Waals surface area contributed by atoms with Gasteiger partial charge in [0.1, 0.15) is 5.75 Å². The second kappa shape index (κ2) is 7.42. The van der Waals surface area contributed by atoms with Gasteiger partial charge in [0.25, 0.3) is 0 Å². The quantitative estimate of drug-likeness (QED) is 0.801. The van der Waals surface area contributed by atoms with Crippen molar-refractivity contribution in [3.63, 3.8) is 0 Å². The highest BCUT2D eigenvalue weighted by molar-refractivity contribution is 7.84. The molecule has 0 saturated carbocycles. The van der Waals surface area contributed by atoms with Crippen molar-refractivity contribution in [2.75, 3.05) is 18.8 Å². The summed E-state index contributed by atoms with van der Waals surface area (Å²) < 4.78 is 11.7. The molecule has 1 rings (SSSR count). The van der Waals surface area contributed by atoms with Crippen LogP contribution in [0.4, 0.5) is 0 Å². The number of carbonyl (C=O) groups excluding carboxylic acids is 1. The van der Waals surface area contributed by atoms with E-state index < -0.39 is 10.8 Å². The molecule has 0 saturated heterocycles. The topological polar surface area (TPSA) is 72.2 Å². The van der Waals surface area contributed by atoms with Crippen molar-refractivity contribution in [2.45, 2.75) is 5.75 Å². The zero-order valence-electron chi connectivity index (χ0n) is 9.32. The Balaban J connectivity index is 2.45. The Morgan fingerprint density at radius 1 is 1.41 bits per heavy atom. The molecule has 4 nitrogen and oxygen atoms in total. The largest absolute Gasteiger partial charge is 0.354 e. The molecule has 0 radical (unpaired) electrons. The van der Waals surface area contributed by atoms with Crippen LogP contribution in [0.15, 0.2) is 24.3 Å². The lowest BCUT2D eigenvalue weighted by molar-refractivity contribution is -0.118. The third-order valence-corrected chi connectivity index (χ3v) is 3.62. The van der Waals surface area contributed by atoms with Crippen molar-refractivity contribution in [3.8, 4) is 0 Å². The molecule has 1 unspecified atom stereocenters. The van der Waals surface area contributed by atoms with Gasteiger partial charge >= 0.3 is 0 Å². The SMILES string of the molecule is NCCNC(=O)CS(=O)Cc1ccccc1Cl. The van der Waals surface area contributed by atoms with E-state index in [1.807, 2.05) is 12.1 Å². The zero-order chi connectivity index (χ0) is 12.7. The highest BCUT2D eigenvalue weighted by atomic mass is 35.5. The Labute approximate surface area is 108 Å². The number of hydrogen-bond acceptors (Lipinski definition) is 3. The van der Waals surface area contributed by atoms with Gasteiger partial charge in [-0.2, -0.15) is 0 Å². The highest BCUT2D eigenvalue weighted by Crippen LogP contribution is 2.16. The zero-order valence-corrected chi connectivity index (χ0v) is 10.9. The van der Waals surface area contributed by atoms with Gasteiger partial charge < -0.3 is 11.1 Å². The predicted octanol–water partition coefficient (Wildman–Crippen LogP) is 0.664. The molecule has 0 aliphatic rings. The molecule has 1 amide bonds. The number of amides is 1. The average Bonchev–Trinajstić information content (AvgIpc) is 2.29. The first-order valence-corrected chi connectivity index (χ1v) is 7.05.